The zero-order chi connectivity index (χ0) is 24.8. The van der Waals surface area contributed by atoms with Crippen molar-refractivity contribution in [2.75, 3.05) is 38.7 Å². The van der Waals surface area contributed by atoms with E-state index in [0.29, 0.717) is 30.2 Å². The molecule has 1 aromatic heterocycles. The Morgan fingerprint density at radius 1 is 1.20 bits per heavy atom. The molecule has 1 aliphatic rings. The van der Waals surface area contributed by atoms with Crippen LogP contribution in [0.15, 0.2) is 53.3 Å². The molecule has 1 fully saturated rings. The number of rotatable bonds is 9. The van der Waals surface area contributed by atoms with E-state index >= 15 is 0 Å². The Morgan fingerprint density at radius 2 is 2.03 bits per heavy atom. The number of likely N-dealkylation sites (tertiary alicyclic amines) is 1. The first-order valence-corrected chi connectivity index (χ1v) is 12.2. The third kappa shape index (κ3) is 5.77. The van der Waals surface area contributed by atoms with Crippen molar-refractivity contribution < 1.29 is 14.3 Å². The van der Waals surface area contributed by atoms with E-state index in [1.165, 1.54) is 0 Å². The van der Waals surface area contributed by atoms with Crippen molar-refractivity contribution in [3.8, 4) is 11.5 Å². The summed E-state index contributed by atoms with van der Waals surface area (Å²) in [5.74, 6) is 1.33. The van der Waals surface area contributed by atoms with Crippen molar-refractivity contribution >= 4 is 22.6 Å². The molecule has 8 nitrogen and oxygen atoms in total. The second kappa shape index (κ2) is 11.3. The number of methoxy groups -OCH3 is 1. The second-order valence-corrected chi connectivity index (χ2v) is 8.74. The standard InChI is InChI=1S/C27H34N4O4/c1-4-30-14-8-9-21(30)18-31(27(33)29-24-10-6-7-11-25(24)34-3)17-20-15-19-16-22(35-5-2)12-13-23(19)28-26(20)32/h6-7,10-13,15-16,21H,4-5,8-9,14,17-18H2,1-3H3,(H,28,32)(H,29,33)/t21-/m0/s1. The molecule has 0 bridgehead atoms. The number of aromatic amines is 1. The lowest BCUT2D eigenvalue weighted by atomic mass is 10.1. The van der Waals surface area contributed by atoms with Gasteiger partial charge in [-0.1, -0.05) is 19.1 Å². The Hall–Kier alpha value is -3.52. The van der Waals surface area contributed by atoms with Crippen LogP contribution in [0, 0.1) is 0 Å². The Kier molecular flexibility index (Phi) is 7.92. The summed E-state index contributed by atoms with van der Waals surface area (Å²) in [7, 11) is 1.57. The number of H-pyrrole nitrogens is 1. The van der Waals surface area contributed by atoms with Crippen molar-refractivity contribution in [2.45, 2.75) is 39.3 Å². The number of para-hydroxylation sites is 2. The van der Waals surface area contributed by atoms with Gasteiger partial charge in [0, 0.05) is 29.1 Å². The van der Waals surface area contributed by atoms with Gasteiger partial charge in [0.05, 0.1) is 25.9 Å². The lowest BCUT2D eigenvalue weighted by Gasteiger charge is -2.30. The van der Waals surface area contributed by atoms with E-state index in [9.17, 15) is 9.59 Å². The van der Waals surface area contributed by atoms with Gasteiger partial charge in [-0.15, -0.1) is 0 Å². The maximum Gasteiger partial charge on any atom is 0.322 e. The molecule has 0 radical (unpaired) electrons. The summed E-state index contributed by atoms with van der Waals surface area (Å²) in [6.07, 6.45) is 2.13. The van der Waals surface area contributed by atoms with Crippen LogP contribution >= 0.6 is 0 Å². The third-order valence-electron chi connectivity index (χ3n) is 6.54. The van der Waals surface area contributed by atoms with Gasteiger partial charge < -0.3 is 24.7 Å². The monoisotopic (exact) mass is 478 g/mol. The van der Waals surface area contributed by atoms with E-state index in [1.54, 1.807) is 24.1 Å². The highest BCUT2D eigenvalue weighted by Gasteiger charge is 2.28. The fourth-order valence-corrected chi connectivity index (χ4v) is 4.74. The number of urea groups is 1. The fraction of sp³-hybridized carbons (Fsp3) is 0.407. The molecule has 1 aliphatic heterocycles. The average molecular weight is 479 g/mol. The first-order chi connectivity index (χ1) is 17.0. The average Bonchev–Trinajstić information content (AvgIpc) is 3.32. The smallest absolute Gasteiger partial charge is 0.322 e. The number of hydrogen-bond donors (Lipinski definition) is 2. The summed E-state index contributed by atoms with van der Waals surface area (Å²) in [5, 5.41) is 3.85. The van der Waals surface area contributed by atoms with E-state index in [2.05, 4.69) is 22.1 Å². The Morgan fingerprint density at radius 3 is 2.80 bits per heavy atom. The molecule has 0 saturated carbocycles. The molecule has 0 spiro atoms. The number of ether oxygens (including phenoxy) is 2. The molecule has 2 N–H and O–H groups in total. The van der Waals surface area contributed by atoms with Crippen LogP contribution in [0.4, 0.5) is 10.5 Å². The molecule has 1 atom stereocenters. The predicted molar refractivity (Wildman–Crippen MR) is 138 cm³/mol. The van der Waals surface area contributed by atoms with Crippen LogP contribution in [0.2, 0.25) is 0 Å². The van der Waals surface area contributed by atoms with Crippen LogP contribution in [-0.2, 0) is 6.54 Å². The van der Waals surface area contributed by atoms with Gasteiger partial charge in [-0.2, -0.15) is 0 Å². The maximum atomic E-state index is 13.5. The van der Waals surface area contributed by atoms with Crippen LogP contribution < -0.4 is 20.3 Å². The number of hydrogen-bond acceptors (Lipinski definition) is 5. The summed E-state index contributed by atoms with van der Waals surface area (Å²) in [5.41, 5.74) is 1.66. The van der Waals surface area contributed by atoms with Crippen LogP contribution in [0.3, 0.4) is 0 Å². The molecule has 8 heteroatoms. The molecule has 186 valence electrons. The molecule has 4 rings (SSSR count). The first-order valence-electron chi connectivity index (χ1n) is 12.2. The number of pyridine rings is 1. The van der Waals surface area contributed by atoms with Crippen molar-refractivity contribution in [1.29, 1.82) is 0 Å². The summed E-state index contributed by atoms with van der Waals surface area (Å²) >= 11 is 0. The van der Waals surface area contributed by atoms with Gasteiger partial charge >= 0.3 is 6.03 Å². The molecule has 3 aromatic rings. The largest absolute Gasteiger partial charge is 0.495 e. The van der Waals surface area contributed by atoms with Gasteiger partial charge in [-0.25, -0.2) is 4.79 Å². The highest BCUT2D eigenvalue weighted by atomic mass is 16.5. The summed E-state index contributed by atoms with van der Waals surface area (Å²) in [4.78, 5) is 33.5. The van der Waals surface area contributed by atoms with Crippen LogP contribution in [0.5, 0.6) is 11.5 Å². The lowest BCUT2D eigenvalue weighted by molar-refractivity contribution is 0.174. The maximum absolute atomic E-state index is 13.5. The molecular formula is C27H34N4O4. The number of benzene rings is 2. The van der Waals surface area contributed by atoms with Gasteiger partial charge in [-0.05, 0) is 69.3 Å². The molecule has 2 aromatic carbocycles. The number of anilines is 1. The Balaban J connectivity index is 1.63. The summed E-state index contributed by atoms with van der Waals surface area (Å²) in [6.45, 7) is 7.33. The summed E-state index contributed by atoms with van der Waals surface area (Å²) < 4.78 is 11.0. The zero-order valence-corrected chi connectivity index (χ0v) is 20.7. The van der Waals surface area contributed by atoms with Gasteiger partial charge in [0.15, 0.2) is 0 Å². The van der Waals surface area contributed by atoms with Gasteiger partial charge in [0.2, 0.25) is 0 Å². The van der Waals surface area contributed by atoms with E-state index in [0.717, 1.165) is 42.6 Å². The topological polar surface area (TPSA) is 86.9 Å². The minimum atomic E-state index is -0.264. The zero-order valence-electron chi connectivity index (χ0n) is 20.7. The van der Waals surface area contributed by atoms with E-state index in [4.69, 9.17) is 9.47 Å². The highest BCUT2D eigenvalue weighted by molar-refractivity contribution is 5.91. The van der Waals surface area contributed by atoms with Crippen LogP contribution in [-0.4, -0.2) is 60.2 Å². The predicted octanol–water partition coefficient (Wildman–Crippen LogP) is 4.45. The number of carbonyl (C=O) groups is 1. The van der Waals surface area contributed by atoms with Crippen LogP contribution in [0.25, 0.3) is 10.9 Å². The normalized spacial score (nSPS) is 15.8. The number of fused-ring (bicyclic) bond motifs is 1. The van der Waals surface area contributed by atoms with Crippen molar-refractivity contribution in [2.24, 2.45) is 0 Å². The van der Waals surface area contributed by atoms with E-state index < -0.39 is 0 Å². The molecule has 1 saturated heterocycles. The van der Waals surface area contributed by atoms with Crippen molar-refractivity contribution in [1.82, 2.24) is 14.8 Å². The highest BCUT2D eigenvalue weighted by Crippen LogP contribution is 2.25. The van der Waals surface area contributed by atoms with E-state index in [-0.39, 0.29) is 24.2 Å². The third-order valence-corrected chi connectivity index (χ3v) is 6.54. The van der Waals surface area contributed by atoms with Gasteiger partial charge in [0.1, 0.15) is 11.5 Å². The first kappa shape index (κ1) is 24.6. The lowest BCUT2D eigenvalue weighted by Crippen LogP contribution is -2.45. The molecule has 0 aliphatic carbocycles. The minimum Gasteiger partial charge on any atom is -0.495 e. The van der Waals surface area contributed by atoms with Crippen molar-refractivity contribution in [3.63, 3.8) is 0 Å². The molecule has 35 heavy (non-hydrogen) atoms. The number of likely N-dealkylation sites (N-methyl/N-ethyl adjacent to an activating group) is 1. The number of aromatic nitrogens is 1. The van der Waals surface area contributed by atoms with E-state index in [1.807, 2.05) is 43.3 Å². The SMILES string of the molecule is CCOc1ccc2[nH]c(=O)c(CN(C[C@@H]3CCCN3CC)C(=O)Nc3ccccc3OC)cc2c1. The number of nitrogens with zero attached hydrogens (tertiary/aromatic N) is 2. The van der Waals surface area contributed by atoms with Crippen molar-refractivity contribution in [3.05, 3.63) is 64.4 Å². The Bertz CT molecular complexity index is 1230. The molecular weight excluding hydrogens is 444 g/mol. The number of amides is 2. The molecule has 2 heterocycles. The van der Waals surface area contributed by atoms with Gasteiger partial charge in [-0.3, -0.25) is 9.69 Å². The molecule has 2 amide bonds. The second-order valence-electron chi connectivity index (χ2n) is 8.74. The van der Waals surface area contributed by atoms with Gasteiger partial charge in [0.25, 0.3) is 5.56 Å². The van der Waals surface area contributed by atoms with Crippen LogP contribution in [0.1, 0.15) is 32.3 Å². The molecule has 0 unspecified atom stereocenters. The quantitative estimate of drug-likeness (QED) is 0.474. The minimum absolute atomic E-state index is 0.194. The Labute approximate surface area is 205 Å². The fourth-order valence-electron chi connectivity index (χ4n) is 4.74. The number of carbonyl (C=O) groups excluding carboxylic acids is 1. The summed E-state index contributed by atoms with van der Waals surface area (Å²) in [6, 6.07) is 14.8. The number of nitrogens with one attached hydrogen (secondary N) is 2.